The van der Waals surface area contributed by atoms with Crippen LogP contribution in [0, 0.1) is 5.92 Å². The molecule has 0 saturated heterocycles. The number of benzene rings is 2. The molecule has 1 N–H and O–H groups in total. The molecule has 1 atom stereocenters. The summed E-state index contributed by atoms with van der Waals surface area (Å²) in [6.45, 7) is 4.20. The third kappa shape index (κ3) is 5.00. The van der Waals surface area contributed by atoms with E-state index >= 15 is 0 Å². The van der Waals surface area contributed by atoms with Gasteiger partial charge in [-0.2, -0.15) is 13.2 Å². The number of Topliss-reactive ketones (excluding diaryl/α,β-unsaturated/α-hetero) is 1. The van der Waals surface area contributed by atoms with Crippen LogP contribution in [0.15, 0.2) is 52.5 Å². The predicted octanol–water partition coefficient (Wildman–Crippen LogP) is 8.26. The molecule has 0 aliphatic heterocycles. The van der Waals surface area contributed by atoms with Crippen LogP contribution in [0.3, 0.4) is 0 Å². The first-order valence-corrected chi connectivity index (χ1v) is 15.4. The van der Waals surface area contributed by atoms with E-state index in [0.717, 1.165) is 70.1 Å². The fourth-order valence-electron chi connectivity index (χ4n) is 5.52. The maximum atomic E-state index is 14.0. The number of hydrogen-bond donors (Lipinski definition) is 1. The largest absolute Gasteiger partial charge is 0.417 e. The van der Waals surface area contributed by atoms with E-state index in [0.29, 0.717) is 28.1 Å². The number of ketones is 1. The van der Waals surface area contributed by atoms with Crippen molar-refractivity contribution in [3.8, 4) is 5.69 Å². The first-order valence-electron chi connectivity index (χ1n) is 13.3. The van der Waals surface area contributed by atoms with Crippen LogP contribution in [0.2, 0.25) is 5.02 Å². The number of nitrogens with one attached hydrogen (secondary N) is 1. The van der Waals surface area contributed by atoms with Gasteiger partial charge in [-0.1, -0.05) is 55.4 Å². The topological polar surface area (TPSA) is 67.8 Å². The molecule has 0 bridgehead atoms. The Bertz CT molecular complexity index is 1890. The lowest BCUT2D eigenvalue weighted by Gasteiger charge is -2.18. The molecule has 0 unspecified atom stereocenters. The number of rotatable bonds is 6. The third-order valence-electron chi connectivity index (χ3n) is 7.63. The van der Waals surface area contributed by atoms with Crippen molar-refractivity contribution in [3.63, 3.8) is 0 Å². The number of carbonyl (C=O) groups is 1. The summed E-state index contributed by atoms with van der Waals surface area (Å²) in [5.41, 5.74) is 1.96. The van der Waals surface area contributed by atoms with Crippen LogP contribution in [0.4, 0.5) is 13.2 Å². The lowest BCUT2D eigenvalue weighted by atomic mass is 9.89. The van der Waals surface area contributed by atoms with Crippen molar-refractivity contribution in [2.75, 3.05) is 5.75 Å². The van der Waals surface area contributed by atoms with Gasteiger partial charge in [0.25, 0.3) is 5.56 Å². The number of hydrogen-bond acceptors (Lipinski definition) is 5. The van der Waals surface area contributed by atoms with E-state index in [1.807, 2.05) is 25.1 Å². The molecule has 5 aromatic rings. The molecule has 0 fully saturated rings. The Morgan fingerprint density at radius 1 is 1.27 bits per heavy atom. The molecule has 3 aromatic heterocycles. The summed E-state index contributed by atoms with van der Waals surface area (Å²) >= 11 is 8.38. The van der Waals surface area contributed by atoms with Crippen molar-refractivity contribution in [2.24, 2.45) is 5.92 Å². The molecule has 3 heterocycles. The molecule has 0 spiro atoms. The van der Waals surface area contributed by atoms with Crippen LogP contribution >= 0.6 is 34.7 Å². The molecule has 6 rings (SSSR count). The van der Waals surface area contributed by atoms with Gasteiger partial charge in [-0.3, -0.25) is 14.2 Å². The Balaban J connectivity index is 1.46. The number of thiophene rings is 1. The summed E-state index contributed by atoms with van der Waals surface area (Å²) in [4.78, 5) is 37.0. The van der Waals surface area contributed by atoms with Gasteiger partial charge in [-0.15, -0.1) is 11.3 Å². The molecule has 0 radical (unpaired) electrons. The van der Waals surface area contributed by atoms with Crippen LogP contribution in [-0.4, -0.2) is 26.1 Å². The van der Waals surface area contributed by atoms with Crippen LogP contribution < -0.4 is 5.56 Å². The number of carbonyl (C=O) groups excluding carboxylic acids is 1. The van der Waals surface area contributed by atoms with Crippen molar-refractivity contribution >= 4 is 61.6 Å². The second-order valence-corrected chi connectivity index (χ2v) is 12.8. The number of halogens is 4. The Kier molecular flexibility index (Phi) is 7.28. The quantitative estimate of drug-likeness (QED) is 0.119. The molecule has 1 aliphatic rings. The SMILES string of the molecule is CCc1cccc2c(C(=O)CSc3nc4sc5c(c4c(=O)n3-c3ccc(Cl)c(C(F)(F)F)c3)CC[C@@H](C)C5)c[nH]c12. The average molecular weight is 616 g/mol. The monoisotopic (exact) mass is 615 g/mol. The molecular weight excluding hydrogens is 591 g/mol. The second-order valence-electron chi connectivity index (χ2n) is 10.3. The van der Waals surface area contributed by atoms with E-state index in [-0.39, 0.29) is 22.4 Å². The smallest absolute Gasteiger partial charge is 0.360 e. The standard InChI is InChI=1S/C30H25ClF3N3O2S2/c1-3-16-5-4-6-18-20(13-35-26(16)18)23(38)14-40-29-36-27-25(19-9-7-15(2)11-24(19)41-27)28(39)37(29)17-8-10-22(31)21(12-17)30(32,33)34/h4-6,8,10,12-13,15,35H,3,7,9,11,14H2,1-2H3/t15-/m1/s1. The molecule has 1 aliphatic carbocycles. The Labute approximate surface area is 246 Å². The minimum atomic E-state index is -4.71. The highest BCUT2D eigenvalue weighted by Gasteiger charge is 2.34. The molecular formula is C30H25ClF3N3O2S2. The number of thioether (sulfide) groups is 1. The van der Waals surface area contributed by atoms with Gasteiger partial charge in [-0.25, -0.2) is 4.98 Å². The molecule has 2 aromatic carbocycles. The van der Waals surface area contributed by atoms with Gasteiger partial charge in [0.15, 0.2) is 10.9 Å². The second kappa shape index (κ2) is 10.6. The molecule has 0 amide bonds. The summed E-state index contributed by atoms with van der Waals surface area (Å²) in [5, 5.41) is 0.954. The molecule has 212 valence electrons. The zero-order valence-electron chi connectivity index (χ0n) is 22.2. The minimum Gasteiger partial charge on any atom is -0.360 e. The molecule has 0 saturated carbocycles. The maximum absolute atomic E-state index is 14.0. The van der Waals surface area contributed by atoms with Crippen molar-refractivity contribution < 1.29 is 18.0 Å². The Morgan fingerprint density at radius 2 is 2.07 bits per heavy atom. The molecule has 5 nitrogen and oxygen atoms in total. The van der Waals surface area contributed by atoms with Crippen molar-refractivity contribution in [2.45, 2.75) is 50.9 Å². The van der Waals surface area contributed by atoms with Gasteiger partial charge in [-0.05, 0) is 60.9 Å². The lowest BCUT2D eigenvalue weighted by molar-refractivity contribution is -0.137. The van der Waals surface area contributed by atoms with E-state index in [1.165, 1.54) is 22.0 Å². The minimum absolute atomic E-state index is 0.000108. The summed E-state index contributed by atoms with van der Waals surface area (Å²) in [6, 6.07) is 9.18. The van der Waals surface area contributed by atoms with Gasteiger partial charge >= 0.3 is 6.18 Å². The first kappa shape index (κ1) is 28.1. The fourth-order valence-corrected chi connectivity index (χ4v) is 8.06. The number of para-hydroxylation sites is 1. The van der Waals surface area contributed by atoms with E-state index in [9.17, 15) is 22.8 Å². The zero-order valence-corrected chi connectivity index (χ0v) is 24.6. The van der Waals surface area contributed by atoms with Crippen molar-refractivity contribution in [3.05, 3.63) is 85.1 Å². The van der Waals surface area contributed by atoms with Gasteiger partial charge in [0.2, 0.25) is 0 Å². The summed E-state index contributed by atoms with van der Waals surface area (Å²) in [7, 11) is 0. The van der Waals surface area contributed by atoms with Crippen LogP contribution in [-0.2, 0) is 25.4 Å². The van der Waals surface area contributed by atoms with Gasteiger partial charge in [0, 0.05) is 27.5 Å². The first-order chi connectivity index (χ1) is 19.6. The van der Waals surface area contributed by atoms with Crippen molar-refractivity contribution in [1.29, 1.82) is 0 Å². The third-order valence-corrected chi connectivity index (χ3v) is 10.0. The van der Waals surface area contributed by atoms with Crippen LogP contribution in [0.5, 0.6) is 0 Å². The Hall–Kier alpha value is -3.08. The average Bonchev–Trinajstić information content (AvgIpc) is 3.53. The van der Waals surface area contributed by atoms with Gasteiger partial charge < -0.3 is 4.98 Å². The predicted molar refractivity (Wildman–Crippen MR) is 159 cm³/mol. The number of aryl methyl sites for hydroxylation is 2. The number of nitrogens with zero attached hydrogens (tertiary/aromatic N) is 2. The number of aromatic amines is 1. The molecule has 11 heteroatoms. The Morgan fingerprint density at radius 3 is 2.83 bits per heavy atom. The summed E-state index contributed by atoms with van der Waals surface area (Å²) < 4.78 is 42.5. The van der Waals surface area contributed by atoms with Gasteiger partial charge in [0.1, 0.15) is 4.83 Å². The van der Waals surface area contributed by atoms with E-state index in [4.69, 9.17) is 16.6 Å². The fraction of sp³-hybridized carbons (Fsp3) is 0.300. The van der Waals surface area contributed by atoms with E-state index < -0.39 is 22.3 Å². The highest BCUT2D eigenvalue weighted by atomic mass is 35.5. The highest BCUT2D eigenvalue weighted by Crippen LogP contribution is 2.39. The van der Waals surface area contributed by atoms with E-state index in [1.54, 1.807) is 6.20 Å². The lowest BCUT2D eigenvalue weighted by Crippen LogP contribution is -2.23. The number of alkyl halides is 3. The number of H-pyrrole nitrogens is 1. The van der Waals surface area contributed by atoms with E-state index in [2.05, 4.69) is 11.9 Å². The summed E-state index contributed by atoms with van der Waals surface area (Å²) in [6.07, 6.45) is 0.249. The highest BCUT2D eigenvalue weighted by molar-refractivity contribution is 7.99. The van der Waals surface area contributed by atoms with Crippen LogP contribution in [0.1, 0.15) is 52.2 Å². The maximum Gasteiger partial charge on any atom is 0.417 e. The van der Waals surface area contributed by atoms with Crippen LogP contribution in [0.25, 0.3) is 26.8 Å². The number of fused-ring (bicyclic) bond motifs is 4. The van der Waals surface area contributed by atoms with Gasteiger partial charge in [0.05, 0.1) is 27.4 Å². The summed E-state index contributed by atoms with van der Waals surface area (Å²) in [5.74, 6) is 0.240. The number of aromatic nitrogens is 3. The normalized spacial score (nSPS) is 15.5. The zero-order chi connectivity index (χ0) is 29.1. The van der Waals surface area contributed by atoms with Crippen molar-refractivity contribution in [1.82, 2.24) is 14.5 Å². The molecule has 41 heavy (non-hydrogen) atoms.